The number of nitrogens with two attached hydrogens (primary N) is 1. The van der Waals surface area contributed by atoms with E-state index in [2.05, 4.69) is 0 Å². The molecule has 0 rings (SSSR count). The summed E-state index contributed by atoms with van der Waals surface area (Å²) in [5, 5.41) is 24.6. The molecule has 0 aromatic carbocycles. The molecule has 6 nitrogen and oxygen atoms in total. The number of hydrogen-bond acceptors (Lipinski definition) is 4. The SMILES string of the molecule is CC(C)(N)O.O=C(O)CCCCC(=O)O. The fourth-order valence-corrected chi connectivity index (χ4v) is 0.552. The van der Waals surface area contributed by atoms with Gasteiger partial charge >= 0.3 is 11.9 Å². The highest BCUT2D eigenvalue weighted by molar-refractivity contribution is 5.67. The van der Waals surface area contributed by atoms with Crippen LogP contribution in [-0.2, 0) is 9.59 Å². The lowest BCUT2D eigenvalue weighted by molar-refractivity contribution is -0.139. The van der Waals surface area contributed by atoms with Crippen LogP contribution in [0.15, 0.2) is 0 Å². The van der Waals surface area contributed by atoms with Gasteiger partial charge in [0.25, 0.3) is 0 Å². The van der Waals surface area contributed by atoms with Crippen molar-refractivity contribution >= 4 is 11.9 Å². The number of aliphatic carboxylic acids is 2. The molecule has 15 heavy (non-hydrogen) atoms. The first kappa shape index (κ1) is 16.3. The number of carboxylic acids is 2. The molecule has 0 saturated carbocycles. The van der Waals surface area contributed by atoms with E-state index in [-0.39, 0.29) is 12.8 Å². The van der Waals surface area contributed by atoms with Crippen molar-refractivity contribution < 1.29 is 24.9 Å². The summed E-state index contributed by atoms with van der Waals surface area (Å²) >= 11 is 0. The van der Waals surface area contributed by atoms with E-state index in [1.807, 2.05) is 0 Å². The van der Waals surface area contributed by atoms with Gasteiger partial charge in [0.15, 0.2) is 0 Å². The molecule has 0 aromatic rings. The van der Waals surface area contributed by atoms with Crippen LogP contribution in [0.2, 0.25) is 0 Å². The quantitative estimate of drug-likeness (QED) is 0.393. The first-order valence-corrected chi connectivity index (χ1v) is 4.57. The highest BCUT2D eigenvalue weighted by atomic mass is 16.4. The third-order valence-corrected chi connectivity index (χ3v) is 1.03. The van der Waals surface area contributed by atoms with Crippen LogP contribution in [0.1, 0.15) is 39.5 Å². The van der Waals surface area contributed by atoms with Gasteiger partial charge in [-0.1, -0.05) is 0 Å². The van der Waals surface area contributed by atoms with Crippen LogP contribution in [0.25, 0.3) is 0 Å². The van der Waals surface area contributed by atoms with Gasteiger partial charge < -0.3 is 21.1 Å². The molecule has 0 saturated heterocycles. The summed E-state index contributed by atoms with van der Waals surface area (Å²) in [4.78, 5) is 19.8. The zero-order valence-electron chi connectivity index (χ0n) is 9.06. The molecule has 0 atom stereocenters. The summed E-state index contributed by atoms with van der Waals surface area (Å²) in [5.74, 6) is -1.74. The van der Waals surface area contributed by atoms with E-state index in [0.717, 1.165) is 0 Å². The third-order valence-electron chi connectivity index (χ3n) is 1.03. The molecule has 0 unspecified atom stereocenters. The van der Waals surface area contributed by atoms with Crippen LogP contribution < -0.4 is 5.73 Å². The smallest absolute Gasteiger partial charge is 0.303 e. The summed E-state index contributed by atoms with van der Waals surface area (Å²) in [6.45, 7) is 3.04. The van der Waals surface area contributed by atoms with Crippen LogP contribution in [0, 0.1) is 0 Å². The van der Waals surface area contributed by atoms with E-state index >= 15 is 0 Å². The van der Waals surface area contributed by atoms with Crippen molar-refractivity contribution in [1.82, 2.24) is 0 Å². The molecule has 0 aliphatic carbocycles. The predicted octanol–water partition coefficient (Wildman–Crippen LogP) is 0.389. The van der Waals surface area contributed by atoms with Gasteiger partial charge in [-0.05, 0) is 26.7 Å². The lowest BCUT2D eigenvalue weighted by Gasteiger charge is -2.05. The molecular weight excluding hydrogens is 202 g/mol. The van der Waals surface area contributed by atoms with Crippen LogP contribution in [-0.4, -0.2) is 33.0 Å². The van der Waals surface area contributed by atoms with Crippen LogP contribution in [0.3, 0.4) is 0 Å². The standard InChI is InChI=1S/C6H10O4.C3H9NO/c7-5(8)3-1-2-4-6(9)10;1-3(2,4)5/h1-4H2,(H,7,8)(H,9,10);5H,4H2,1-2H3. The summed E-state index contributed by atoms with van der Waals surface area (Å²) < 4.78 is 0. The average molecular weight is 221 g/mol. The Kier molecular flexibility index (Phi) is 8.90. The van der Waals surface area contributed by atoms with Crippen molar-refractivity contribution in [3.05, 3.63) is 0 Å². The zero-order chi connectivity index (χ0) is 12.5. The van der Waals surface area contributed by atoms with Gasteiger partial charge in [0.2, 0.25) is 0 Å². The molecular formula is C9H19NO5. The molecule has 0 aliphatic heterocycles. The van der Waals surface area contributed by atoms with E-state index in [1.165, 1.54) is 13.8 Å². The molecule has 0 amide bonds. The zero-order valence-corrected chi connectivity index (χ0v) is 9.06. The number of aliphatic hydroxyl groups is 1. The molecule has 90 valence electrons. The molecule has 6 heteroatoms. The number of unbranched alkanes of at least 4 members (excludes halogenated alkanes) is 1. The van der Waals surface area contributed by atoms with E-state index in [4.69, 9.17) is 21.1 Å². The Bertz CT molecular complexity index is 175. The normalized spacial score (nSPS) is 10.1. The molecule has 5 N–H and O–H groups in total. The average Bonchev–Trinajstić information content (AvgIpc) is 1.94. The van der Waals surface area contributed by atoms with Crippen molar-refractivity contribution in [1.29, 1.82) is 0 Å². The summed E-state index contributed by atoms with van der Waals surface area (Å²) in [5.41, 5.74) is 3.91. The second-order valence-electron chi connectivity index (χ2n) is 3.65. The van der Waals surface area contributed by atoms with Gasteiger partial charge in [0.1, 0.15) is 5.72 Å². The van der Waals surface area contributed by atoms with E-state index in [0.29, 0.717) is 12.8 Å². The maximum absolute atomic E-state index is 9.90. The van der Waals surface area contributed by atoms with Crippen molar-refractivity contribution in [3.8, 4) is 0 Å². The molecule has 0 bridgehead atoms. The maximum Gasteiger partial charge on any atom is 0.303 e. The van der Waals surface area contributed by atoms with Crippen molar-refractivity contribution in [2.45, 2.75) is 45.3 Å². The minimum absolute atomic E-state index is 0.0628. The molecule has 0 radical (unpaired) electrons. The number of carbonyl (C=O) groups is 2. The molecule has 0 heterocycles. The summed E-state index contributed by atoms with van der Waals surface area (Å²) in [7, 11) is 0. The topological polar surface area (TPSA) is 121 Å². The summed E-state index contributed by atoms with van der Waals surface area (Å²) in [6, 6.07) is 0. The second-order valence-corrected chi connectivity index (χ2v) is 3.65. The van der Waals surface area contributed by atoms with Gasteiger partial charge in [-0.2, -0.15) is 0 Å². The Morgan fingerprint density at radius 1 is 1.07 bits per heavy atom. The first-order valence-electron chi connectivity index (χ1n) is 4.57. The van der Waals surface area contributed by atoms with Crippen molar-refractivity contribution in [2.24, 2.45) is 5.73 Å². The van der Waals surface area contributed by atoms with Crippen molar-refractivity contribution in [3.63, 3.8) is 0 Å². The van der Waals surface area contributed by atoms with E-state index < -0.39 is 17.7 Å². The lowest BCUT2D eigenvalue weighted by Crippen LogP contribution is -2.30. The van der Waals surface area contributed by atoms with Crippen LogP contribution in [0.4, 0.5) is 0 Å². The Balaban J connectivity index is 0. The number of carboxylic acid groups (broad SMARTS) is 2. The van der Waals surface area contributed by atoms with Gasteiger partial charge in [-0.15, -0.1) is 0 Å². The molecule has 0 spiro atoms. The second kappa shape index (κ2) is 8.19. The van der Waals surface area contributed by atoms with Gasteiger partial charge in [0, 0.05) is 12.8 Å². The molecule has 0 fully saturated rings. The maximum atomic E-state index is 9.90. The Hall–Kier alpha value is -1.14. The highest BCUT2D eigenvalue weighted by Crippen LogP contribution is 1.98. The Labute approximate surface area is 88.7 Å². The highest BCUT2D eigenvalue weighted by Gasteiger charge is 1.99. The van der Waals surface area contributed by atoms with Crippen LogP contribution in [0.5, 0.6) is 0 Å². The molecule has 0 aromatic heterocycles. The van der Waals surface area contributed by atoms with Crippen LogP contribution >= 0.6 is 0 Å². The number of hydrogen-bond donors (Lipinski definition) is 4. The Morgan fingerprint density at radius 3 is 1.40 bits per heavy atom. The first-order chi connectivity index (χ1) is 6.63. The predicted molar refractivity (Wildman–Crippen MR) is 54.2 cm³/mol. The van der Waals surface area contributed by atoms with Crippen molar-refractivity contribution in [2.75, 3.05) is 0 Å². The largest absolute Gasteiger partial charge is 0.481 e. The van der Waals surface area contributed by atoms with Gasteiger partial charge in [0.05, 0.1) is 0 Å². The minimum Gasteiger partial charge on any atom is -0.481 e. The third kappa shape index (κ3) is 44.2. The van der Waals surface area contributed by atoms with E-state index in [9.17, 15) is 9.59 Å². The lowest BCUT2D eigenvalue weighted by atomic mass is 10.2. The Morgan fingerprint density at radius 2 is 1.27 bits per heavy atom. The summed E-state index contributed by atoms with van der Waals surface area (Å²) in [6.07, 6.45) is 1.02. The van der Waals surface area contributed by atoms with E-state index in [1.54, 1.807) is 0 Å². The number of rotatable bonds is 5. The fourth-order valence-electron chi connectivity index (χ4n) is 0.552. The fraction of sp³-hybridized carbons (Fsp3) is 0.778. The monoisotopic (exact) mass is 221 g/mol. The molecule has 0 aliphatic rings. The van der Waals surface area contributed by atoms with Gasteiger partial charge in [-0.25, -0.2) is 0 Å². The van der Waals surface area contributed by atoms with Gasteiger partial charge in [-0.3, -0.25) is 9.59 Å². The minimum atomic E-state index is -1.00.